The minimum absolute atomic E-state index is 0.170. The minimum atomic E-state index is -4.78. The summed E-state index contributed by atoms with van der Waals surface area (Å²) in [6.07, 6.45) is -4.78. The zero-order valence-electron chi connectivity index (χ0n) is 20.2. The highest BCUT2D eigenvalue weighted by atomic mass is 32.2. The molecule has 0 saturated carbocycles. The fourth-order valence-corrected chi connectivity index (χ4v) is 5.24. The van der Waals surface area contributed by atoms with Crippen molar-refractivity contribution in [3.63, 3.8) is 0 Å². The van der Waals surface area contributed by atoms with Gasteiger partial charge in [0, 0.05) is 24.4 Å². The average Bonchev–Trinajstić information content (AvgIpc) is 3.36. The summed E-state index contributed by atoms with van der Waals surface area (Å²) < 4.78 is 68.4. The molecule has 0 fully saturated rings. The number of benzene rings is 3. The molecule has 0 spiro atoms. The van der Waals surface area contributed by atoms with Gasteiger partial charge in [0.15, 0.2) is 5.13 Å². The number of hydrogen-bond donors (Lipinski definition) is 3. The molecule has 0 unspecified atom stereocenters. The van der Waals surface area contributed by atoms with Crippen molar-refractivity contribution in [1.29, 1.82) is 0 Å². The van der Waals surface area contributed by atoms with E-state index in [1.165, 1.54) is 31.2 Å². The first-order valence-electron chi connectivity index (χ1n) is 11.3. The van der Waals surface area contributed by atoms with Gasteiger partial charge in [0.1, 0.15) is 0 Å². The van der Waals surface area contributed by atoms with E-state index in [9.17, 15) is 31.2 Å². The number of hydrogen-bond acceptors (Lipinski definition) is 6. The summed E-state index contributed by atoms with van der Waals surface area (Å²) in [7, 11) is -4.38. The van der Waals surface area contributed by atoms with Gasteiger partial charge in [0.25, 0.3) is 15.9 Å². The molecule has 13 heteroatoms. The van der Waals surface area contributed by atoms with E-state index < -0.39 is 33.4 Å². The lowest BCUT2D eigenvalue weighted by Gasteiger charge is -2.15. The van der Waals surface area contributed by atoms with Crippen molar-refractivity contribution in [3.8, 4) is 11.3 Å². The number of sulfonamides is 1. The second-order valence-corrected chi connectivity index (χ2v) is 10.8. The van der Waals surface area contributed by atoms with Gasteiger partial charge in [-0.1, -0.05) is 42.5 Å². The van der Waals surface area contributed by atoms with Crippen LogP contribution in [0.1, 0.15) is 28.4 Å². The zero-order valence-corrected chi connectivity index (χ0v) is 21.9. The third-order valence-electron chi connectivity index (χ3n) is 5.41. The summed E-state index contributed by atoms with van der Waals surface area (Å²) in [6.45, 7) is 1.51. The molecule has 3 N–H and O–H groups in total. The van der Waals surface area contributed by atoms with Crippen LogP contribution in [0.3, 0.4) is 0 Å². The Bertz CT molecular complexity index is 1600. The molecule has 0 saturated heterocycles. The number of carbonyl (C=O) groups is 2. The number of anilines is 2. The topological polar surface area (TPSA) is 117 Å². The Morgan fingerprint density at radius 2 is 1.67 bits per heavy atom. The van der Waals surface area contributed by atoms with Gasteiger partial charge in [-0.2, -0.15) is 13.2 Å². The van der Waals surface area contributed by atoms with E-state index >= 15 is 0 Å². The molecule has 2 amide bonds. The molecule has 1 heterocycles. The standard InChI is InChI=1S/C26H21F3N4O4S2/c1-16(34)30-14-17-7-10-20(11-8-17)39(36,37)33-22-13-19(26(27,28)29)9-12-21(22)24(35)32-25-31-23(15-38-25)18-5-3-2-4-6-18/h2-13,15,33H,14H2,1H3,(H,30,34)(H,31,32,35). The molecule has 4 aromatic rings. The summed E-state index contributed by atoms with van der Waals surface area (Å²) in [5, 5.41) is 6.98. The number of thiazole rings is 1. The van der Waals surface area contributed by atoms with Crippen LogP contribution < -0.4 is 15.4 Å². The Hall–Kier alpha value is -4.23. The highest BCUT2D eigenvalue weighted by Crippen LogP contribution is 2.34. The number of aromatic nitrogens is 1. The van der Waals surface area contributed by atoms with Crippen LogP contribution in [0.5, 0.6) is 0 Å². The second kappa shape index (κ2) is 11.3. The second-order valence-electron chi connectivity index (χ2n) is 8.28. The number of halogens is 3. The van der Waals surface area contributed by atoms with Crippen molar-refractivity contribution < 1.29 is 31.2 Å². The Kier molecular flexibility index (Phi) is 8.02. The summed E-state index contributed by atoms with van der Waals surface area (Å²) in [4.78, 5) is 28.2. The molecular weight excluding hydrogens is 553 g/mol. The first-order valence-corrected chi connectivity index (χ1v) is 13.7. The fourth-order valence-electron chi connectivity index (χ4n) is 3.46. The Morgan fingerprint density at radius 1 is 0.974 bits per heavy atom. The van der Waals surface area contributed by atoms with Crippen molar-refractivity contribution in [1.82, 2.24) is 10.3 Å². The molecule has 0 bridgehead atoms. The largest absolute Gasteiger partial charge is 0.416 e. The third kappa shape index (κ3) is 7.00. The molecule has 3 aromatic carbocycles. The van der Waals surface area contributed by atoms with Gasteiger partial charge in [-0.3, -0.25) is 19.6 Å². The molecule has 8 nitrogen and oxygen atoms in total. The molecular formula is C26H21F3N4O4S2. The SMILES string of the molecule is CC(=O)NCc1ccc(S(=O)(=O)Nc2cc(C(F)(F)F)ccc2C(=O)Nc2nc(-c3ccccc3)cs2)cc1. The number of nitrogens with zero attached hydrogens (tertiary/aromatic N) is 1. The maximum absolute atomic E-state index is 13.4. The maximum atomic E-state index is 13.4. The average molecular weight is 575 g/mol. The number of alkyl halides is 3. The molecule has 39 heavy (non-hydrogen) atoms. The van der Waals surface area contributed by atoms with Gasteiger partial charge in [-0.25, -0.2) is 13.4 Å². The molecule has 0 aliphatic heterocycles. The van der Waals surface area contributed by atoms with Crippen molar-refractivity contribution >= 4 is 44.0 Å². The minimum Gasteiger partial charge on any atom is -0.352 e. The molecule has 1 aromatic heterocycles. The maximum Gasteiger partial charge on any atom is 0.416 e. The van der Waals surface area contributed by atoms with Crippen LogP contribution in [0.15, 0.2) is 83.1 Å². The summed E-state index contributed by atoms with van der Waals surface area (Å²) in [5.74, 6) is -1.11. The lowest BCUT2D eigenvalue weighted by atomic mass is 10.1. The lowest BCUT2D eigenvalue weighted by Crippen LogP contribution is -2.20. The van der Waals surface area contributed by atoms with E-state index in [0.717, 1.165) is 23.0 Å². The van der Waals surface area contributed by atoms with Gasteiger partial charge >= 0.3 is 6.18 Å². The van der Waals surface area contributed by atoms with E-state index in [2.05, 4.69) is 20.3 Å². The Balaban J connectivity index is 1.61. The monoisotopic (exact) mass is 574 g/mol. The van der Waals surface area contributed by atoms with Gasteiger partial charge in [0.05, 0.1) is 27.4 Å². The Morgan fingerprint density at radius 3 is 2.31 bits per heavy atom. The number of amides is 2. The van der Waals surface area contributed by atoms with Crippen molar-refractivity contribution in [2.75, 3.05) is 10.0 Å². The summed E-state index contributed by atoms with van der Waals surface area (Å²) in [6, 6.07) is 16.7. The van der Waals surface area contributed by atoms with Crippen LogP contribution in [0, 0.1) is 0 Å². The van der Waals surface area contributed by atoms with Crippen LogP contribution in [0.2, 0.25) is 0 Å². The van der Waals surface area contributed by atoms with E-state index in [0.29, 0.717) is 23.4 Å². The van der Waals surface area contributed by atoms with Crippen LogP contribution in [-0.2, 0) is 27.5 Å². The van der Waals surface area contributed by atoms with Crippen LogP contribution in [-0.4, -0.2) is 25.2 Å². The smallest absolute Gasteiger partial charge is 0.352 e. The van der Waals surface area contributed by atoms with E-state index in [1.807, 2.05) is 30.3 Å². The Labute approximate surface area is 226 Å². The predicted octanol–water partition coefficient (Wildman–Crippen LogP) is 5.52. The molecule has 4 rings (SSSR count). The summed E-state index contributed by atoms with van der Waals surface area (Å²) in [5.41, 5.74) is -0.00839. The third-order valence-corrected chi connectivity index (χ3v) is 7.54. The molecule has 0 aliphatic carbocycles. The number of rotatable bonds is 8. The predicted molar refractivity (Wildman–Crippen MR) is 142 cm³/mol. The van der Waals surface area contributed by atoms with E-state index in [-0.39, 0.29) is 28.0 Å². The van der Waals surface area contributed by atoms with Gasteiger partial charge < -0.3 is 5.32 Å². The molecule has 0 atom stereocenters. The highest BCUT2D eigenvalue weighted by Gasteiger charge is 2.32. The van der Waals surface area contributed by atoms with Gasteiger partial charge in [-0.15, -0.1) is 11.3 Å². The highest BCUT2D eigenvalue weighted by molar-refractivity contribution is 7.92. The van der Waals surface area contributed by atoms with E-state index in [1.54, 1.807) is 5.38 Å². The summed E-state index contributed by atoms with van der Waals surface area (Å²) >= 11 is 1.11. The van der Waals surface area contributed by atoms with Gasteiger partial charge in [0.2, 0.25) is 5.91 Å². The fraction of sp³-hybridized carbons (Fsp3) is 0.115. The molecule has 0 radical (unpaired) electrons. The quantitative estimate of drug-likeness (QED) is 0.256. The first kappa shape index (κ1) is 27.8. The van der Waals surface area contributed by atoms with Crippen molar-refractivity contribution in [2.24, 2.45) is 0 Å². The normalized spacial score (nSPS) is 11.6. The van der Waals surface area contributed by atoms with Crippen LogP contribution >= 0.6 is 11.3 Å². The molecule has 202 valence electrons. The van der Waals surface area contributed by atoms with Gasteiger partial charge in [-0.05, 0) is 35.9 Å². The molecule has 0 aliphatic rings. The number of carbonyl (C=O) groups excluding carboxylic acids is 2. The van der Waals surface area contributed by atoms with Crippen molar-refractivity contribution in [2.45, 2.75) is 24.5 Å². The first-order chi connectivity index (χ1) is 18.4. The lowest BCUT2D eigenvalue weighted by molar-refractivity contribution is -0.137. The van der Waals surface area contributed by atoms with Crippen LogP contribution in [0.4, 0.5) is 24.0 Å². The number of nitrogens with one attached hydrogen (secondary N) is 3. The van der Waals surface area contributed by atoms with Crippen molar-refractivity contribution in [3.05, 3.63) is 94.9 Å². The van der Waals surface area contributed by atoms with Crippen LogP contribution in [0.25, 0.3) is 11.3 Å². The zero-order chi connectivity index (χ0) is 28.2. The van der Waals surface area contributed by atoms with E-state index in [4.69, 9.17) is 0 Å².